The average Bonchev–Trinajstić information content (AvgIpc) is 3.22. The van der Waals surface area contributed by atoms with Gasteiger partial charge in [-0.3, -0.25) is 4.79 Å². The highest BCUT2D eigenvalue weighted by molar-refractivity contribution is 7.90. The molecule has 1 saturated carbocycles. The van der Waals surface area contributed by atoms with Crippen LogP contribution in [0.5, 0.6) is 0 Å². The lowest BCUT2D eigenvalue weighted by atomic mass is 10.0. The SMILES string of the molecule is CN.Cc1cccc(/C(S)=C(/N)C(=O)N2C(CN)C3CC32)c1. The molecule has 2 aliphatic rings. The number of hydrogen-bond donors (Lipinski definition) is 4. The Morgan fingerprint density at radius 2 is 2.09 bits per heavy atom. The van der Waals surface area contributed by atoms with Gasteiger partial charge in [-0.05, 0) is 26.0 Å². The summed E-state index contributed by atoms with van der Waals surface area (Å²) in [6, 6.07) is 8.32. The molecule has 3 unspecified atom stereocenters. The van der Waals surface area contributed by atoms with Crippen molar-refractivity contribution in [3.8, 4) is 0 Å². The minimum Gasteiger partial charge on any atom is -0.393 e. The lowest BCUT2D eigenvalue weighted by Gasteiger charge is -2.39. The molecule has 0 bridgehead atoms. The van der Waals surface area contributed by atoms with E-state index in [1.807, 2.05) is 36.1 Å². The summed E-state index contributed by atoms with van der Waals surface area (Å²) in [5.41, 5.74) is 18.4. The lowest BCUT2D eigenvalue weighted by Crippen LogP contribution is -2.57. The van der Waals surface area contributed by atoms with Crippen LogP contribution in [0.1, 0.15) is 17.5 Å². The summed E-state index contributed by atoms with van der Waals surface area (Å²) in [6.45, 7) is 2.50. The third kappa shape index (κ3) is 2.86. The lowest BCUT2D eigenvalue weighted by molar-refractivity contribution is -0.134. The van der Waals surface area contributed by atoms with Crippen molar-refractivity contribution < 1.29 is 4.79 Å². The molecule has 2 fully saturated rings. The van der Waals surface area contributed by atoms with Gasteiger partial charge in [-0.25, -0.2) is 0 Å². The van der Waals surface area contributed by atoms with Gasteiger partial charge in [0.25, 0.3) is 5.91 Å². The van der Waals surface area contributed by atoms with E-state index in [1.54, 1.807) is 0 Å². The minimum absolute atomic E-state index is 0.134. The predicted molar refractivity (Wildman–Crippen MR) is 93.0 cm³/mol. The van der Waals surface area contributed by atoms with E-state index in [9.17, 15) is 4.79 Å². The molecule has 1 aliphatic heterocycles. The van der Waals surface area contributed by atoms with Crippen LogP contribution in [0.15, 0.2) is 30.0 Å². The van der Waals surface area contributed by atoms with Gasteiger partial charge in [0.1, 0.15) is 5.70 Å². The van der Waals surface area contributed by atoms with Crippen molar-refractivity contribution >= 4 is 23.4 Å². The predicted octanol–water partition coefficient (Wildman–Crippen LogP) is 0.685. The number of fused-ring (bicyclic) bond motifs is 1. The standard InChI is InChI=1S/C15H19N3OS.CH5N/c1-8-3-2-4-9(5-8)14(20)13(17)15(19)18-11-6-10(11)12(18)7-16;1-2/h2-5,10-12,20H,6-7,16-17H2,1H3;2H2,1H3/b14-13-;. The summed E-state index contributed by atoms with van der Waals surface area (Å²) in [4.78, 5) is 14.8. The molecule has 6 heteroatoms. The fourth-order valence-corrected chi connectivity index (χ4v) is 3.30. The number of benzene rings is 1. The highest BCUT2D eigenvalue weighted by Crippen LogP contribution is 2.51. The van der Waals surface area contributed by atoms with Crippen molar-refractivity contribution in [1.29, 1.82) is 0 Å². The normalized spacial score (nSPS) is 26.0. The molecule has 1 aliphatic carbocycles. The largest absolute Gasteiger partial charge is 0.393 e. The zero-order valence-electron chi connectivity index (χ0n) is 13.0. The zero-order chi connectivity index (χ0) is 16.4. The van der Waals surface area contributed by atoms with E-state index in [-0.39, 0.29) is 17.6 Å². The van der Waals surface area contributed by atoms with E-state index < -0.39 is 0 Å². The van der Waals surface area contributed by atoms with Gasteiger partial charge < -0.3 is 22.1 Å². The van der Waals surface area contributed by atoms with Crippen molar-refractivity contribution in [2.45, 2.75) is 25.4 Å². The fraction of sp³-hybridized carbons (Fsp3) is 0.438. The Kier molecular flexibility index (Phi) is 5.16. The maximum atomic E-state index is 12.5. The summed E-state index contributed by atoms with van der Waals surface area (Å²) in [7, 11) is 1.50. The highest BCUT2D eigenvalue weighted by atomic mass is 32.1. The van der Waals surface area contributed by atoms with Gasteiger partial charge in [0.2, 0.25) is 0 Å². The summed E-state index contributed by atoms with van der Waals surface area (Å²) in [5, 5.41) is 0. The summed E-state index contributed by atoms with van der Waals surface area (Å²) in [6.07, 6.45) is 1.06. The average molecular weight is 320 g/mol. The van der Waals surface area contributed by atoms with Crippen LogP contribution in [-0.2, 0) is 4.79 Å². The molecule has 1 amide bonds. The number of carbonyl (C=O) groups excluding carboxylic acids is 1. The number of hydrogen-bond acceptors (Lipinski definition) is 5. The van der Waals surface area contributed by atoms with E-state index in [2.05, 4.69) is 18.4 Å². The molecule has 0 spiro atoms. The molecule has 0 aromatic heterocycles. The van der Waals surface area contributed by atoms with Crippen molar-refractivity contribution in [3.63, 3.8) is 0 Å². The number of aryl methyl sites for hydroxylation is 1. The second-order valence-corrected chi connectivity index (χ2v) is 6.06. The smallest absolute Gasteiger partial charge is 0.271 e. The van der Waals surface area contributed by atoms with Gasteiger partial charge in [-0.1, -0.05) is 29.8 Å². The van der Waals surface area contributed by atoms with Crippen molar-refractivity contribution in [3.05, 3.63) is 41.1 Å². The molecular weight excluding hydrogens is 296 g/mol. The molecular formula is C16H24N4OS. The highest BCUT2D eigenvalue weighted by Gasteiger charge is 2.61. The van der Waals surface area contributed by atoms with Crippen LogP contribution in [0.2, 0.25) is 0 Å². The first-order valence-corrected chi connectivity index (χ1v) is 7.85. The van der Waals surface area contributed by atoms with Crippen LogP contribution >= 0.6 is 12.6 Å². The Bertz CT molecular complexity index is 602. The molecule has 1 aromatic rings. The second-order valence-electron chi connectivity index (χ2n) is 5.61. The van der Waals surface area contributed by atoms with E-state index in [0.29, 0.717) is 23.4 Å². The fourth-order valence-electron chi connectivity index (χ4n) is 3.06. The quantitative estimate of drug-likeness (QED) is 0.486. The maximum Gasteiger partial charge on any atom is 0.271 e. The molecule has 1 saturated heterocycles. The van der Waals surface area contributed by atoms with E-state index in [1.165, 1.54) is 7.05 Å². The molecule has 22 heavy (non-hydrogen) atoms. The topological polar surface area (TPSA) is 98.4 Å². The number of carbonyl (C=O) groups is 1. The van der Waals surface area contributed by atoms with Gasteiger partial charge in [0.05, 0.1) is 0 Å². The van der Waals surface area contributed by atoms with Gasteiger partial charge in [-0.15, -0.1) is 12.6 Å². The van der Waals surface area contributed by atoms with Gasteiger partial charge >= 0.3 is 0 Å². The van der Waals surface area contributed by atoms with Crippen molar-refractivity contribution in [1.82, 2.24) is 4.90 Å². The summed E-state index contributed by atoms with van der Waals surface area (Å²) >= 11 is 4.44. The molecule has 1 heterocycles. The summed E-state index contributed by atoms with van der Waals surface area (Å²) in [5.74, 6) is 0.463. The van der Waals surface area contributed by atoms with Crippen molar-refractivity contribution in [2.24, 2.45) is 23.1 Å². The van der Waals surface area contributed by atoms with Crippen LogP contribution in [0.3, 0.4) is 0 Å². The van der Waals surface area contributed by atoms with E-state index in [4.69, 9.17) is 11.5 Å². The van der Waals surface area contributed by atoms with Crippen molar-refractivity contribution in [2.75, 3.05) is 13.6 Å². The van der Waals surface area contributed by atoms with Crippen LogP contribution in [0.4, 0.5) is 0 Å². The maximum absolute atomic E-state index is 12.5. The molecule has 120 valence electrons. The Labute approximate surface area is 136 Å². The zero-order valence-corrected chi connectivity index (χ0v) is 13.9. The first kappa shape index (κ1) is 16.9. The van der Waals surface area contributed by atoms with Crippen LogP contribution in [-0.4, -0.2) is 36.5 Å². The Balaban J connectivity index is 0.000000847. The number of amides is 1. The van der Waals surface area contributed by atoms with Crippen LogP contribution in [0, 0.1) is 12.8 Å². The molecule has 0 radical (unpaired) electrons. The molecule has 1 aromatic carbocycles. The van der Waals surface area contributed by atoms with Gasteiger partial charge in [-0.2, -0.15) is 0 Å². The molecule has 5 nitrogen and oxygen atoms in total. The number of nitrogens with two attached hydrogens (primary N) is 3. The van der Waals surface area contributed by atoms with Crippen LogP contribution < -0.4 is 17.2 Å². The molecule has 3 atom stereocenters. The minimum atomic E-state index is -0.134. The van der Waals surface area contributed by atoms with Gasteiger partial charge in [0, 0.05) is 29.5 Å². The number of rotatable bonds is 3. The Hall–Kier alpha value is -1.50. The molecule has 3 rings (SSSR count). The first-order valence-electron chi connectivity index (χ1n) is 7.40. The monoisotopic (exact) mass is 320 g/mol. The Morgan fingerprint density at radius 3 is 2.68 bits per heavy atom. The number of likely N-dealkylation sites (tertiary alicyclic amines) is 1. The Morgan fingerprint density at radius 1 is 1.41 bits per heavy atom. The molecule has 6 N–H and O–H groups in total. The van der Waals surface area contributed by atoms with Crippen LogP contribution in [0.25, 0.3) is 4.91 Å². The number of nitrogens with zero attached hydrogens (tertiary/aromatic N) is 1. The summed E-state index contributed by atoms with van der Waals surface area (Å²) < 4.78 is 0. The first-order chi connectivity index (χ1) is 10.5. The van der Waals surface area contributed by atoms with E-state index in [0.717, 1.165) is 17.5 Å². The third-order valence-corrected chi connectivity index (χ3v) is 4.77. The van der Waals surface area contributed by atoms with Gasteiger partial charge in [0.15, 0.2) is 0 Å². The number of thiol groups is 1. The third-order valence-electron chi connectivity index (χ3n) is 4.27. The second kappa shape index (κ2) is 6.73. The van der Waals surface area contributed by atoms with E-state index >= 15 is 0 Å².